The van der Waals surface area contributed by atoms with Gasteiger partial charge in [-0.3, -0.25) is 4.99 Å². The van der Waals surface area contributed by atoms with E-state index in [1.165, 1.54) is 31.2 Å². The molecule has 27 heavy (non-hydrogen) atoms. The van der Waals surface area contributed by atoms with Crippen LogP contribution in [0.25, 0.3) is 0 Å². The predicted octanol–water partition coefficient (Wildman–Crippen LogP) is 3.75. The molecule has 0 aliphatic heterocycles. The van der Waals surface area contributed by atoms with Crippen molar-refractivity contribution in [1.29, 1.82) is 0 Å². The van der Waals surface area contributed by atoms with Crippen LogP contribution in [0.5, 0.6) is 0 Å². The predicted molar refractivity (Wildman–Crippen MR) is 111 cm³/mol. The molecule has 1 aliphatic rings. The third kappa shape index (κ3) is 5.31. The molecule has 1 aliphatic carbocycles. The number of aromatic nitrogens is 2. The van der Waals surface area contributed by atoms with Gasteiger partial charge in [-0.15, -0.1) is 0 Å². The van der Waals surface area contributed by atoms with E-state index in [4.69, 9.17) is 4.52 Å². The molecule has 0 saturated heterocycles. The number of hydrogen-bond donors (Lipinski definition) is 2. The van der Waals surface area contributed by atoms with Crippen molar-refractivity contribution in [3.63, 3.8) is 0 Å². The SMILES string of the molecule is CN=C(NCCCc1nc(C)no1)NCC1(c2ccc(Br)cc2)CCCC1. The highest BCUT2D eigenvalue weighted by Crippen LogP contribution is 2.40. The van der Waals surface area contributed by atoms with Crippen molar-refractivity contribution < 1.29 is 4.52 Å². The summed E-state index contributed by atoms with van der Waals surface area (Å²) in [5.41, 5.74) is 1.61. The van der Waals surface area contributed by atoms with Crippen LogP contribution in [0.3, 0.4) is 0 Å². The fourth-order valence-electron chi connectivity index (χ4n) is 3.78. The third-order valence-corrected chi connectivity index (χ3v) is 5.79. The molecule has 2 aromatic rings. The van der Waals surface area contributed by atoms with Gasteiger partial charge in [0.05, 0.1) is 0 Å². The van der Waals surface area contributed by atoms with Gasteiger partial charge < -0.3 is 15.2 Å². The minimum Gasteiger partial charge on any atom is -0.356 e. The van der Waals surface area contributed by atoms with Crippen LogP contribution in [0.15, 0.2) is 38.3 Å². The summed E-state index contributed by atoms with van der Waals surface area (Å²) in [7, 11) is 1.82. The van der Waals surface area contributed by atoms with Gasteiger partial charge in [-0.1, -0.05) is 46.1 Å². The van der Waals surface area contributed by atoms with Crippen LogP contribution >= 0.6 is 15.9 Å². The first-order valence-electron chi connectivity index (χ1n) is 9.61. The topological polar surface area (TPSA) is 75.3 Å². The van der Waals surface area contributed by atoms with Crippen molar-refractivity contribution in [3.05, 3.63) is 46.0 Å². The van der Waals surface area contributed by atoms with Crippen LogP contribution < -0.4 is 10.6 Å². The molecule has 1 aromatic carbocycles. The van der Waals surface area contributed by atoms with Crippen LogP contribution in [-0.4, -0.2) is 36.2 Å². The Kier molecular flexibility index (Phi) is 6.88. The van der Waals surface area contributed by atoms with E-state index in [9.17, 15) is 0 Å². The van der Waals surface area contributed by atoms with Crippen molar-refractivity contribution in [3.8, 4) is 0 Å². The second kappa shape index (κ2) is 9.35. The lowest BCUT2D eigenvalue weighted by Gasteiger charge is -2.31. The molecule has 7 heteroatoms. The lowest BCUT2D eigenvalue weighted by molar-refractivity contribution is 0.372. The first-order valence-corrected chi connectivity index (χ1v) is 10.4. The lowest BCUT2D eigenvalue weighted by atomic mass is 9.79. The Labute approximate surface area is 169 Å². The highest BCUT2D eigenvalue weighted by atomic mass is 79.9. The fourth-order valence-corrected chi connectivity index (χ4v) is 4.05. The van der Waals surface area contributed by atoms with E-state index in [0.717, 1.165) is 36.4 Å². The van der Waals surface area contributed by atoms with Gasteiger partial charge in [0.15, 0.2) is 11.8 Å². The first kappa shape index (κ1) is 19.9. The Morgan fingerprint density at radius 3 is 2.59 bits per heavy atom. The summed E-state index contributed by atoms with van der Waals surface area (Å²) in [4.78, 5) is 8.60. The molecular formula is C20H28BrN5O. The van der Waals surface area contributed by atoms with Gasteiger partial charge in [0, 0.05) is 36.4 Å². The average molecular weight is 434 g/mol. The number of aryl methyl sites for hydroxylation is 2. The summed E-state index contributed by atoms with van der Waals surface area (Å²) in [6, 6.07) is 8.78. The molecule has 1 heterocycles. The maximum atomic E-state index is 5.15. The van der Waals surface area contributed by atoms with Crippen molar-refractivity contribution in [2.24, 2.45) is 4.99 Å². The molecule has 0 amide bonds. The number of benzene rings is 1. The Morgan fingerprint density at radius 1 is 1.22 bits per heavy atom. The number of hydrogen-bond acceptors (Lipinski definition) is 4. The van der Waals surface area contributed by atoms with Crippen LogP contribution in [0.4, 0.5) is 0 Å². The van der Waals surface area contributed by atoms with E-state index in [1.54, 1.807) is 0 Å². The number of halogens is 1. The molecule has 0 unspecified atom stereocenters. The minimum atomic E-state index is 0.194. The van der Waals surface area contributed by atoms with Crippen LogP contribution in [0.2, 0.25) is 0 Å². The van der Waals surface area contributed by atoms with Crippen molar-refractivity contribution >= 4 is 21.9 Å². The van der Waals surface area contributed by atoms with Gasteiger partial charge >= 0.3 is 0 Å². The van der Waals surface area contributed by atoms with Gasteiger partial charge in [0.25, 0.3) is 0 Å². The Bertz CT molecular complexity index is 750. The maximum absolute atomic E-state index is 5.15. The summed E-state index contributed by atoms with van der Waals surface area (Å²) >= 11 is 3.54. The molecule has 0 radical (unpaired) electrons. The molecule has 1 aromatic heterocycles. The van der Waals surface area contributed by atoms with Crippen LogP contribution in [-0.2, 0) is 11.8 Å². The Balaban J connectivity index is 1.50. The number of rotatable bonds is 7. The van der Waals surface area contributed by atoms with Crippen molar-refractivity contribution in [2.75, 3.05) is 20.1 Å². The van der Waals surface area contributed by atoms with Crippen LogP contribution in [0, 0.1) is 6.92 Å². The quantitative estimate of drug-likeness (QED) is 0.395. The molecular weight excluding hydrogens is 406 g/mol. The first-order chi connectivity index (χ1) is 13.1. The van der Waals surface area contributed by atoms with Gasteiger partial charge in [-0.25, -0.2) is 0 Å². The summed E-state index contributed by atoms with van der Waals surface area (Å²) in [5.74, 6) is 2.22. The van der Waals surface area contributed by atoms with E-state index >= 15 is 0 Å². The molecule has 1 fully saturated rings. The van der Waals surface area contributed by atoms with Crippen LogP contribution in [0.1, 0.15) is 49.4 Å². The third-order valence-electron chi connectivity index (χ3n) is 5.26. The summed E-state index contributed by atoms with van der Waals surface area (Å²) < 4.78 is 6.27. The van der Waals surface area contributed by atoms with E-state index in [0.29, 0.717) is 11.7 Å². The van der Waals surface area contributed by atoms with Crippen molar-refractivity contribution in [1.82, 2.24) is 20.8 Å². The Morgan fingerprint density at radius 2 is 1.96 bits per heavy atom. The normalized spacial score (nSPS) is 16.5. The standard InChI is InChI=1S/C20H28BrN5O/c1-15-25-18(27-26-15)6-5-13-23-19(22-2)24-14-20(11-3-4-12-20)16-7-9-17(21)10-8-16/h7-10H,3-6,11-14H2,1-2H3,(H2,22,23,24). The summed E-state index contributed by atoms with van der Waals surface area (Å²) in [6.07, 6.45) is 6.69. The second-order valence-corrected chi connectivity index (χ2v) is 8.10. The van der Waals surface area contributed by atoms with E-state index in [1.807, 2.05) is 14.0 Å². The largest absolute Gasteiger partial charge is 0.356 e. The zero-order valence-electron chi connectivity index (χ0n) is 16.1. The summed E-state index contributed by atoms with van der Waals surface area (Å²) in [5, 5.41) is 10.8. The molecule has 146 valence electrons. The highest BCUT2D eigenvalue weighted by Gasteiger charge is 2.35. The van der Waals surface area contributed by atoms with Gasteiger partial charge in [-0.2, -0.15) is 4.98 Å². The maximum Gasteiger partial charge on any atom is 0.226 e. The smallest absolute Gasteiger partial charge is 0.226 e. The molecule has 0 bridgehead atoms. The molecule has 0 spiro atoms. The summed E-state index contributed by atoms with van der Waals surface area (Å²) in [6.45, 7) is 3.55. The zero-order valence-corrected chi connectivity index (χ0v) is 17.7. The fraction of sp³-hybridized carbons (Fsp3) is 0.550. The van der Waals surface area contributed by atoms with Crippen molar-refractivity contribution in [2.45, 2.75) is 50.9 Å². The zero-order chi connectivity index (χ0) is 19.1. The average Bonchev–Trinajstić information content (AvgIpc) is 3.31. The molecule has 0 atom stereocenters. The van der Waals surface area contributed by atoms with E-state index in [-0.39, 0.29) is 5.41 Å². The van der Waals surface area contributed by atoms with Gasteiger partial charge in [0.2, 0.25) is 5.89 Å². The van der Waals surface area contributed by atoms with E-state index < -0.39 is 0 Å². The molecule has 2 N–H and O–H groups in total. The van der Waals surface area contributed by atoms with Gasteiger partial charge in [-0.05, 0) is 43.9 Å². The highest BCUT2D eigenvalue weighted by molar-refractivity contribution is 9.10. The monoisotopic (exact) mass is 433 g/mol. The lowest BCUT2D eigenvalue weighted by Crippen LogP contribution is -2.45. The molecule has 3 rings (SSSR count). The number of nitrogens with zero attached hydrogens (tertiary/aromatic N) is 3. The number of guanidine groups is 1. The molecule has 6 nitrogen and oxygen atoms in total. The minimum absolute atomic E-state index is 0.194. The second-order valence-electron chi connectivity index (χ2n) is 7.19. The van der Waals surface area contributed by atoms with E-state index in [2.05, 4.69) is 66.0 Å². The number of nitrogens with one attached hydrogen (secondary N) is 2. The van der Waals surface area contributed by atoms with Gasteiger partial charge in [0.1, 0.15) is 0 Å². The Hall–Kier alpha value is -1.89. The number of aliphatic imine (C=N–C) groups is 1. The molecule has 1 saturated carbocycles.